The van der Waals surface area contributed by atoms with Gasteiger partial charge in [-0.05, 0) is 24.5 Å². The van der Waals surface area contributed by atoms with E-state index >= 15 is 0 Å². The first-order chi connectivity index (χ1) is 13.5. The third-order valence-corrected chi connectivity index (χ3v) is 5.29. The Balaban J connectivity index is 2.29. The van der Waals surface area contributed by atoms with Crippen molar-refractivity contribution in [1.82, 2.24) is 5.32 Å². The van der Waals surface area contributed by atoms with Crippen LogP contribution in [-0.4, -0.2) is 25.0 Å². The quantitative estimate of drug-likeness (QED) is 0.483. The molecule has 0 aliphatic carbocycles. The molecular weight excluding hydrogens is 350 g/mol. The molecule has 0 radical (unpaired) electrons. The van der Waals surface area contributed by atoms with Crippen molar-refractivity contribution < 1.29 is 14.3 Å². The molecule has 0 aliphatic rings. The number of unbranched alkanes of at least 4 members (excludes halogenated alkanes) is 3. The summed E-state index contributed by atoms with van der Waals surface area (Å²) in [6.45, 7) is 4.04. The van der Waals surface area contributed by atoms with Gasteiger partial charge in [0.15, 0.2) is 0 Å². The average molecular weight is 382 g/mol. The molecule has 0 saturated carbocycles. The van der Waals surface area contributed by atoms with Gasteiger partial charge < -0.3 is 10.1 Å². The highest BCUT2D eigenvalue weighted by Gasteiger charge is 2.39. The van der Waals surface area contributed by atoms with Gasteiger partial charge in [0.05, 0.1) is 12.5 Å². The van der Waals surface area contributed by atoms with Crippen LogP contribution in [0.2, 0.25) is 0 Å². The van der Waals surface area contributed by atoms with Crippen molar-refractivity contribution in [3.63, 3.8) is 0 Å². The zero-order valence-electron chi connectivity index (χ0n) is 17.1. The molecule has 4 nitrogen and oxygen atoms in total. The summed E-state index contributed by atoms with van der Waals surface area (Å²) in [5, 5.41) is 2.97. The second-order valence-electron chi connectivity index (χ2n) is 7.26. The third-order valence-electron chi connectivity index (χ3n) is 5.29. The van der Waals surface area contributed by atoms with Gasteiger partial charge in [-0.25, -0.2) is 4.79 Å². The maximum absolute atomic E-state index is 13.5. The van der Waals surface area contributed by atoms with Crippen molar-refractivity contribution in [3.8, 4) is 0 Å². The predicted octanol–water partition coefficient (Wildman–Crippen LogP) is 4.62. The Hall–Kier alpha value is -2.62. The van der Waals surface area contributed by atoms with Gasteiger partial charge in [-0.1, -0.05) is 93.3 Å². The van der Waals surface area contributed by atoms with Gasteiger partial charge in [-0.2, -0.15) is 0 Å². The first-order valence-corrected chi connectivity index (χ1v) is 10.0. The highest BCUT2D eigenvalue weighted by molar-refractivity contribution is 5.94. The van der Waals surface area contributed by atoms with E-state index in [1.54, 1.807) is 0 Å². The van der Waals surface area contributed by atoms with Crippen molar-refractivity contribution in [2.75, 3.05) is 7.11 Å². The fraction of sp³-hybridized carbons (Fsp3) is 0.417. The maximum atomic E-state index is 13.5. The molecule has 0 aliphatic heterocycles. The number of methoxy groups -OCH3 is 1. The molecule has 2 rings (SSSR count). The molecule has 0 saturated heterocycles. The minimum absolute atomic E-state index is 0.198. The van der Waals surface area contributed by atoms with E-state index in [-0.39, 0.29) is 5.91 Å². The van der Waals surface area contributed by atoms with Crippen LogP contribution in [0.25, 0.3) is 0 Å². The van der Waals surface area contributed by atoms with Crippen LogP contribution in [0.5, 0.6) is 0 Å². The molecule has 0 bridgehead atoms. The number of nitrogens with one attached hydrogen (secondary N) is 1. The second kappa shape index (κ2) is 10.6. The van der Waals surface area contributed by atoms with Gasteiger partial charge in [-0.15, -0.1) is 0 Å². The van der Waals surface area contributed by atoms with Crippen molar-refractivity contribution in [3.05, 3.63) is 71.8 Å². The van der Waals surface area contributed by atoms with E-state index in [1.165, 1.54) is 7.11 Å². The Labute approximate surface area is 168 Å². The van der Waals surface area contributed by atoms with E-state index in [2.05, 4.69) is 12.2 Å². The summed E-state index contributed by atoms with van der Waals surface area (Å²) in [5.41, 5.74) is 0.861. The smallest absolute Gasteiger partial charge is 0.328 e. The molecule has 0 unspecified atom stereocenters. The molecule has 0 spiro atoms. The van der Waals surface area contributed by atoms with Gasteiger partial charge in [0.1, 0.15) is 6.04 Å². The lowest BCUT2D eigenvalue weighted by Gasteiger charge is -2.31. The zero-order chi connectivity index (χ0) is 20.4. The third kappa shape index (κ3) is 5.22. The molecule has 0 heterocycles. The SMILES string of the molecule is CCCCCC[C@H](NC(=O)C(C)(c1ccccc1)c1ccccc1)C(=O)OC. The van der Waals surface area contributed by atoms with Crippen LogP contribution in [-0.2, 0) is 19.7 Å². The summed E-state index contributed by atoms with van der Waals surface area (Å²) in [6.07, 6.45) is 4.73. The Morgan fingerprint density at radius 3 is 1.93 bits per heavy atom. The van der Waals surface area contributed by atoms with Crippen LogP contribution >= 0.6 is 0 Å². The molecule has 28 heavy (non-hydrogen) atoms. The lowest BCUT2D eigenvalue weighted by atomic mass is 9.75. The number of ether oxygens (including phenoxy) is 1. The molecule has 0 fully saturated rings. The topological polar surface area (TPSA) is 55.4 Å². The molecule has 0 aromatic heterocycles. The molecule has 1 amide bonds. The number of esters is 1. The average Bonchev–Trinajstić information content (AvgIpc) is 2.75. The van der Waals surface area contributed by atoms with Crippen LogP contribution in [0.1, 0.15) is 57.1 Å². The first kappa shape index (κ1) is 21.7. The Morgan fingerprint density at radius 2 is 1.46 bits per heavy atom. The maximum Gasteiger partial charge on any atom is 0.328 e. The first-order valence-electron chi connectivity index (χ1n) is 10.0. The molecule has 150 valence electrons. The van der Waals surface area contributed by atoms with E-state index in [0.29, 0.717) is 6.42 Å². The summed E-state index contributed by atoms with van der Waals surface area (Å²) in [7, 11) is 1.36. The fourth-order valence-electron chi connectivity index (χ4n) is 3.44. The van der Waals surface area contributed by atoms with Crippen molar-refractivity contribution in [2.24, 2.45) is 0 Å². The molecule has 1 atom stereocenters. The summed E-state index contributed by atoms with van der Waals surface area (Å²) in [4.78, 5) is 25.7. The number of amides is 1. The number of hydrogen-bond donors (Lipinski definition) is 1. The Kier molecular flexibility index (Phi) is 8.24. The molecule has 2 aromatic carbocycles. The van der Waals surface area contributed by atoms with Crippen LogP contribution in [0.4, 0.5) is 0 Å². The van der Waals surface area contributed by atoms with E-state index in [9.17, 15) is 9.59 Å². The number of carbonyl (C=O) groups is 2. The van der Waals surface area contributed by atoms with Crippen LogP contribution in [0, 0.1) is 0 Å². The standard InChI is InChI=1S/C24H31NO3/c1-4-5-6-13-18-21(22(26)28-3)25-23(27)24(2,19-14-9-7-10-15-19)20-16-11-8-12-17-20/h7-12,14-17,21H,4-6,13,18H2,1-3H3,(H,25,27)/t21-/m0/s1. The van der Waals surface area contributed by atoms with E-state index in [1.807, 2.05) is 67.6 Å². The number of benzene rings is 2. The van der Waals surface area contributed by atoms with Gasteiger partial charge in [-0.3, -0.25) is 4.79 Å². The monoisotopic (exact) mass is 381 g/mol. The minimum Gasteiger partial charge on any atom is -0.467 e. The highest BCUT2D eigenvalue weighted by Crippen LogP contribution is 2.32. The van der Waals surface area contributed by atoms with Crippen LogP contribution < -0.4 is 5.32 Å². The normalized spacial score (nSPS) is 12.2. The van der Waals surface area contributed by atoms with E-state index in [0.717, 1.165) is 36.8 Å². The van der Waals surface area contributed by atoms with Crippen molar-refractivity contribution in [2.45, 2.75) is 57.4 Å². The van der Waals surface area contributed by atoms with Gasteiger partial charge in [0, 0.05) is 0 Å². The van der Waals surface area contributed by atoms with Gasteiger partial charge in [0.2, 0.25) is 5.91 Å². The lowest BCUT2D eigenvalue weighted by Crippen LogP contribution is -2.50. The number of rotatable bonds is 10. The molecule has 2 aromatic rings. The minimum atomic E-state index is -0.905. The second-order valence-corrected chi connectivity index (χ2v) is 7.26. The zero-order valence-corrected chi connectivity index (χ0v) is 17.1. The number of hydrogen-bond acceptors (Lipinski definition) is 3. The Bertz CT molecular complexity index is 703. The van der Waals surface area contributed by atoms with Gasteiger partial charge >= 0.3 is 5.97 Å². The molecule has 4 heteroatoms. The molecule has 1 N–H and O–H groups in total. The van der Waals surface area contributed by atoms with Gasteiger partial charge in [0.25, 0.3) is 0 Å². The highest BCUT2D eigenvalue weighted by atomic mass is 16.5. The Morgan fingerprint density at radius 1 is 0.929 bits per heavy atom. The lowest BCUT2D eigenvalue weighted by molar-refractivity contribution is -0.145. The summed E-state index contributed by atoms with van der Waals surface area (Å²) in [6, 6.07) is 18.7. The van der Waals surface area contributed by atoms with Crippen LogP contribution in [0.3, 0.4) is 0 Å². The largest absolute Gasteiger partial charge is 0.467 e. The van der Waals surface area contributed by atoms with Crippen LogP contribution in [0.15, 0.2) is 60.7 Å². The summed E-state index contributed by atoms with van der Waals surface area (Å²) < 4.78 is 4.94. The summed E-state index contributed by atoms with van der Waals surface area (Å²) >= 11 is 0. The van der Waals surface area contributed by atoms with Crippen molar-refractivity contribution in [1.29, 1.82) is 0 Å². The van der Waals surface area contributed by atoms with Crippen molar-refractivity contribution >= 4 is 11.9 Å². The summed E-state index contributed by atoms with van der Waals surface area (Å²) in [5.74, 6) is -0.593. The van der Waals surface area contributed by atoms with E-state index < -0.39 is 17.4 Å². The van der Waals surface area contributed by atoms with E-state index in [4.69, 9.17) is 4.74 Å². The predicted molar refractivity (Wildman–Crippen MR) is 112 cm³/mol. The number of carbonyl (C=O) groups excluding carboxylic acids is 2. The molecular formula is C24H31NO3. The fourth-order valence-corrected chi connectivity index (χ4v) is 3.44.